The van der Waals surface area contributed by atoms with Gasteiger partial charge in [-0.15, -0.1) is 0 Å². The van der Waals surface area contributed by atoms with E-state index in [0.717, 1.165) is 16.7 Å². The molecular weight excluding hydrogens is 374 g/mol. The lowest BCUT2D eigenvalue weighted by molar-refractivity contribution is -0.139. The lowest BCUT2D eigenvalue weighted by Crippen LogP contribution is -2.53. The smallest absolute Gasteiger partial charge is 0.268 e. The number of carbonyl (C=O) groups is 3. The molecule has 0 aromatic heterocycles. The van der Waals surface area contributed by atoms with E-state index in [9.17, 15) is 19.5 Å². The highest BCUT2D eigenvalue weighted by molar-refractivity contribution is 5.93. The van der Waals surface area contributed by atoms with Crippen LogP contribution in [0.25, 0.3) is 11.1 Å². The van der Waals surface area contributed by atoms with E-state index in [-0.39, 0.29) is 18.9 Å². The van der Waals surface area contributed by atoms with E-state index in [2.05, 4.69) is 5.32 Å². The fourth-order valence-electron chi connectivity index (χ4n) is 3.42. The Bertz CT molecular complexity index is 887. The summed E-state index contributed by atoms with van der Waals surface area (Å²) in [5.41, 5.74) is 4.34. The number of rotatable bonds is 7. The molecule has 2 aromatic carbocycles. The van der Waals surface area contributed by atoms with Crippen molar-refractivity contribution in [2.24, 2.45) is 0 Å². The Morgan fingerprint density at radius 3 is 2.52 bits per heavy atom. The number of carbonyl (C=O) groups excluding carboxylic acids is 3. The van der Waals surface area contributed by atoms with Crippen molar-refractivity contribution in [1.82, 2.24) is 15.7 Å². The maximum atomic E-state index is 12.6. The summed E-state index contributed by atoms with van der Waals surface area (Å²) in [5.74, 6) is -1.62. The maximum absolute atomic E-state index is 12.6. The number of nitrogens with zero attached hydrogens (tertiary/aromatic N) is 1. The van der Waals surface area contributed by atoms with Gasteiger partial charge in [-0.05, 0) is 29.2 Å². The second-order valence-electron chi connectivity index (χ2n) is 6.86. The normalized spacial score (nSPS) is 17.1. The molecule has 0 aliphatic carbocycles. The van der Waals surface area contributed by atoms with Crippen molar-refractivity contribution >= 4 is 17.7 Å². The van der Waals surface area contributed by atoms with Gasteiger partial charge in [0.15, 0.2) is 0 Å². The highest BCUT2D eigenvalue weighted by Gasteiger charge is 2.37. The molecule has 2 aromatic rings. The Kier molecular flexibility index (Phi) is 6.58. The van der Waals surface area contributed by atoms with Crippen LogP contribution in [0.4, 0.5) is 0 Å². The first-order valence-corrected chi connectivity index (χ1v) is 9.32. The molecule has 152 valence electrons. The van der Waals surface area contributed by atoms with Gasteiger partial charge in [0.25, 0.3) is 5.91 Å². The predicted octanol–water partition coefficient (Wildman–Crippen LogP) is 0.827. The van der Waals surface area contributed by atoms with Crippen LogP contribution in [0.15, 0.2) is 54.6 Å². The van der Waals surface area contributed by atoms with Crippen molar-refractivity contribution in [3.8, 4) is 11.1 Å². The van der Waals surface area contributed by atoms with Crippen molar-refractivity contribution in [3.63, 3.8) is 0 Å². The summed E-state index contributed by atoms with van der Waals surface area (Å²) in [5, 5.41) is 20.3. The Morgan fingerprint density at radius 2 is 1.83 bits per heavy atom. The SMILES string of the molecule is O=C(NO)C(CO)NC(=O)C1CCC(=O)N1Cc1cccc(-c2ccccc2)c1. The van der Waals surface area contributed by atoms with E-state index in [1.807, 2.05) is 54.6 Å². The molecule has 2 atom stereocenters. The molecule has 3 amide bonds. The third-order valence-corrected chi connectivity index (χ3v) is 4.94. The van der Waals surface area contributed by atoms with Crippen LogP contribution in [0.2, 0.25) is 0 Å². The minimum Gasteiger partial charge on any atom is -0.394 e. The van der Waals surface area contributed by atoms with Gasteiger partial charge in [0, 0.05) is 13.0 Å². The monoisotopic (exact) mass is 397 g/mol. The van der Waals surface area contributed by atoms with Crippen molar-refractivity contribution < 1.29 is 24.7 Å². The molecule has 0 saturated carbocycles. The van der Waals surface area contributed by atoms with E-state index in [1.165, 1.54) is 10.4 Å². The first-order valence-electron chi connectivity index (χ1n) is 9.32. The molecule has 2 unspecified atom stereocenters. The van der Waals surface area contributed by atoms with Crippen LogP contribution in [-0.4, -0.2) is 51.6 Å². The van der Waals surface area contributed by atoms with Crippen molar-refractivity contribution in [2.75, 3.05) is 6.61 Å². The first kappa shape index (κ1) is 20.5. The average Bonchev–Trinajstić information content (AvgIpc) is 3.12. The van der Waals surface area contributed by atoms with E-state index < -0.39 is 30.5 Å². The van der Waals surface area contributed by atoms with Crippen LogP contribution in [0.1, 0.15) is 18.4 Å². The molecule has 0 bridgehead atoms. The van der Waals surface area contributed by atoms with Gasteiger partial charge in [-0.1, -0.05) is 48.5 Å². The standard InChI is InChI=1S/C21H23N3O5/c25-13-17(20(27)23-29)22-21(28)18-9-10-19(26)24(18)12-14-5-4-8-16(11-14)15-6-2-1-3-7-15/h1-8,11,17-18,25,29H,9-10,12-13H2,(H,22,28)(H,23,27). The molecule has 1 saturated heterocycles. The number of benzene rings is 2. The second kappa shape index (κ2) is 9.31. The van der Waals surface area contributed by atoms with Gasteiger partial charge >= 0.3 is 0 Å². The summed E-state index contributed by atoms with van der Waals surface area (Å²) < 4.78 is 0. The lowest BCUT2D eigenvalue weighted by Gasteiger charge is -2.26. The molecule has 4 N–H and O–H groups in total. The van der Waals surface area contributed by atoms with Crippen LogP contribution >= 0.6 is 0 Å². The highest BCUT2D eigenvalue weighted by atomic mass is 16.5. The third kappa shape index (κ3) is 4.79. The van der Waals surface area contributed by atoms with Gasteiger partial charge in [0.05, 0.1) is 6.61 Å². The topological polar surface area (TPSA) is 119 Å². The van der Waals surface area contributed by atoms with Gasteiger partial charge in [0.2, 0.25) is 11.8 Å². The van der Waals surface area contributed by atoms with Gasteiger partial charge in [-0.25, -0.2) is 5.48 Å². The number of likely N-dealkylation sites (tertiary alicyclic amines) is 1. The molecule has 8 heteroatoms. The molecule has 1 aliphatic heterocycles. The van der Waals surface area contributed by atoms with Crippen LogP contribution in [0, 0.1) is 0 Å². The van der Waals surface area contributed by atoms with E-state index in [1.54, 1.807) is 0 Å². The Labute approximate surface area is 168 Å². The largest absolute Gasteiger partial charge is 0.394 e. The Hall–Kier alpha value is -3.23. The zero-order valence-electron chi connectivity index (χ0n) is 15.7. The highest BCUT2D eigenvalue weighted by Crippen LogP contribution is 2.25. The summed E-state index contributed by atoms with van der Waals surface area (Å²) in [4.78, 5) is 37.9. The fraction of sp³-hybridized carbons (Fsp3) is 0.286. The van der Waals surface area contributed by atoms with Crippen LogP contribution in [0.5, 0.6) is 0 Å². The Morgan fingerprint density at radius 1 is 1.10 bits per heavy atom. The van der Waals surface area contributed by atoms with Gasteiger partial charge in [0.1, 0.15) is 12.1 Å². The fourth-order valence-corrected chi connectivity index (χ4v) is 3.42. The Balaban J connectivity index is 1.74. The lowest BCUT2D eigenvalue weighted by atomic mass is 10.0. The minimum atomic E-state index is -1.29. The molecule has 29 heavy (non-hydrogen) atoms. The number of nitrogens with one attached hydrogen (secondary N) is 2. The predicted molar refractivity (Wildman–Crippen MR) is 104 cm³/mol. The zero-order valence-corrected chi connectivity index (χ0v) is 15.7. The molecule has 1 aliphatic rings. The van der Waals surface area contributed by atoms with Gasteiger partial charge in [-0.2, -0.15) is 0 Å². The average molecular weight is 397 g/mol. The molecule has 0 radical (unpaired) electrons. The van der Waals surface area contributed by atoms with Crippen LogP contribution in [-0.2, 0) is 20.9 Å². The number of aliphatic hydroxyl groups excluding tert-OH is 1. The second-order valence-corrected chi connectivity index (χ2v) is 6.86. The molecule has 1 heterocycles. The van der Waals surface area contributed by atoms with Crippen molar-refractivity contribution in [1.29, 1.82) is 0 Å². The number of hydrogen-bond acceptors (Lipinski definition) is 5. The van der Waals surface area contributed by atoms with Crippen LogP contribution in [0.3, 0.4) is 0 Å². The summed E-state index contributed by atoms with van der Waals surface area (Å²) in [6.45, 7) is -0.411. The molecule has 1 fully saturated rings. The van der Waals surface area contributed by atoms with E-state index in [0.29, 0.717) is 6.42 Å². The third-order valence-electron chi connectivity index (χ3n) is 4.94. The number of aliphatic hydroxyl groups is 1. The molecule has 0 spiro atoms. The molecule has 3 rings (SSSR count). The summed E-state index contributed by atoms with van der Waals surface area (Å²) in [6.07, 6.45) is 0.550. The summed E-state index contributed by atoms with van der Waals surface area (Å²) in [7, 11) is 0. The van der Waals surface area contributed by atoms with E-state index in [4.69, 9.17) is 5.21 Å². The van der Waals surface area contributed by atoms with E-state index >= 15 is 0 Å². The van der Waals surface area contributed by atoms with Crippen molar-refractivity contribution in [3.05, 3.63) is 60.2 Å². The number of amides is 3. The quantitative estimate of drug-likeness (QED) is 0.408. The van der Waals surface area contributed by atoms with Gasteiger partial charge < -0.3 is 15.3 Å². The van der Waals surface area contributed by atoms with Crippen LogP contribution < -0.4 is 10.8 Å². The first-order chi connectivity index (χ1) is 14.0. The molecule has 8 nitrogen and oxygen atoms in total. The van der Waals surface area contributed by atoms with Gasteiger partial charge in [-0.3, -0.25) is 19.6 Å². The number of hydroxylamine groups is 1. The molecular formula is C21H23N3O5. The number of hydrogen-bond donors (Lipinski definition) is 4. The minimum absolute atomic E-state index is 0.151. The summed E-state index contributed by atoms with van der Waals surface area (Å²) in [6, 6.07) is 15.6. The summed E-state index contributed by atoms with van der Waals surface area (Å²) >= 11 is 0. The maximum Gasteiger partial charge on any atom is 0.268 e. The van der Waals surface area contributed by atoms with Crippen molar-refractivity contribution in [2.45, 2.75) is 31.5 Å². The zero-order chi connectivity index (χ0) is 20.8.